The van der Waals surface area contributed by atoms with Crippen LogP contribution < -0.4 is 9.64 Å². The Bertz CT molecular complexity index is 1280. The van der Waals surface area contributed by atoms with E-state index in [9.17, 15) is 9.90 Å². The summed E-state index contributed by atoms with van der Waals surface area (Å²) in [5, 5.41) is 18.0. The normalized spacial score (nSPS) is 19.9. The van der Waals surface area contributed by atoms with Crippen LogP contribution >= 0.6 is 0 Å². The highest BCUT2D eigenvalue weighted by molar-refractivity contribution is 5.88. The van der Waals surface area contributed by atoms with Crippen molar-refractivity contribution in [1.82, 2.24) is 24.9 Å². The van der Waals surface area contributed by atoms with Gasteiger partial charge in [-0.05, 0) is 30.5 Å². The summed E-state index contributed by atoms with van der Waals surface area (Å²) in [4.78, 5) is 21.5. The second-order valence-corrected chi connectivity index (χ2v) is 8.33. The van der Waals surface area contributed by atoms with E-state index in [1.807, 2.05) is 47.4 Å². The lowest BCUT2D eigenvalue weighted by molar-refractivity contribution is 0.114. The molecule has 6 rings (SSSR count). The third-order valence-corrected chi connectivity index (χ3v) is 6.32. The lowest BCUT2D eigenvalue weighted by Gasteiger charge is -2.38. The third-order valence-electron chi connectivity index (χ3n) is 6.32. The van der Waals surface area contributed by atoms with Crippen molar-refractivity contribution in [2.45, 2.75) is 31.5 Å². The number of hydrogen-bond donors (Lipinski definition) is 1. The maximum Gasteiger partial charge on any atom is 0.407 e. The quantitative estimate of drug-likeness (QED) is 0.497. The standard InChI is InChI=1S/C23H22N6O4/c30-23(31)28-16-6-7-17(28)13-27(12-16)22-26-20-19(32-14-15-4-2-1-3-5-15)9-8-18(21(20)33-22)29-24-10-11-25-29/h1-5,8-11,16-17H,6-7,12-14H2,(H,30,31). The first-order valence-corrected chi connectivity index (χ1v) is 10.9. The van der Waals surface area contributed by atoms with E-state index in [-0.39, 0.29) is 12.1 Å². The Morgan fingerprint density at radius 3 is 2.48 bits per heavy atom. The summed E-state index contributed by atoms with van der Waals surface area (Å²) in [6, 6.07) is 14.0. The van der Waals surface area contributed by atoms with Gasteiger partial charge in [0.25, 0.3) is 6.01 Å². The first-order chi connectivity index (χ1) is 16.2. The van der Waals surface area contributed by atoms with Crippen molar-refractivity contribution >= 4 is 23.2 Å². The maximum atomic E-state index is 11.6. The van der Waals surface area contributed by atoms with E-state index in [0.717, 1.165) is 18.4 Å². The van der Waals surface area contributed by atoms with E-state index < -0.39 is 6.09 Å². The van der Waals surface area contributed by atoms with Crippen molar-refractivity contribution in [3.05, 3.63) is 60.4 Å². The van der Waals surface area contributed by atoms with Gasteiger partial charge in [0, 0.05) is 13.1 Å². The van der Waals surface area contributed by atoms with Crippen molar-refractivity contribution < 1.29 is 19.1 Å². The van der Waals surface area contributed by atoms with Gasteiger partial charge in [0.05, 0.1) is 24.5 Å². The number of rotatable bonds is 5. The zero-order valence-electron chi connectivity index (χ0n) is 17.7. The van der Waals surface area contributed by atoms with Gasteiger partial charge in [-0.25, -0.2) is 4.79 Å². The molecule has 2 saturated heterocycles. The van der Waals surface area contributed by atoms with Gasteiger partial charge in [0.15, 0.2) is 11.1 Å². The molecule has 10 heteroatoms. The van der Waals surface area contributed by atoms with Crippen LogP contribution in [0.25, 0.3) is 16.8 Å². The monoisotopic (exact) mass is 446 g/mol. The predicted octanol–water partition coefficient (Wildman–Crippen LogP) is 3.32. The summed E-state index contributed by atoms with van der Waals surface area (Å²) in [6.07, 6.45) is 4.05. The van der Waals surface area contributed by atoms with Crippen LogP contribution in [0.3, 0.4) is 0 Å². The molecule has 0 spiro atoms. The van der Waals surface area contributed by atoms with Gasteiger partial charge in [0.2, 0.25) is 0 Å². The number of carboxylic acid groups (broad SMARTS) is 1. The zero-order valence-corrected chi connectivity index (χ0v) is 17.7. The molecule has 4 aromatic rings. The second-order valence-electron chi connectivity index (χ2n) is 8.33. The number of piperazine rings is 1. The number of benzene rings is 2. The Balaban J connectivity index is 1.36. The number of nitrogens with zero attached hydrogens (tertiary/aromatic N) is 6. The summed E-state index contributed by atoms with van der Waals surface area (Å²) in [7, 11) is 0. The van der Waals surface area contributed by atoms with Crippen molar-refractivity contribution in [2.75, 3.05) is 18.0 Å². The smallest absolute Gasteiger partial charge is 0.407 e. The SMILES string of the molecule is O=C(O)N1C2CCC1CN(c1nc3c(OCc4ccccc4)ccc(-n4nccn4)c3o1)C2. The maximum absolute atomic E-state index is 11.6. The number of oxazole rings is 1. The average molecular weight is 446 g/mol. The van der Waals surface area contributed by atoms with Gasteiger partial charge in [-0.2, -0.15) is 15.2 Å². The summed E-state index contributed by atoms with van der Waals surface area (Å²) in [5.74, 6) is 0.604. The molecule has 2 aromatic heterocycles. The van der Waals surface area contributed by atoms with Gasteiger partial charge in [-0.1, -0.05) is 30.3 Å². The molecular formula is C23H22N6O4. The van der Waals surface area contributed by atoms with E-state index in [2.05, 4.69) is 10.2 Å². The zero-order chi connectivity index (χ0) is 22.4. The number of anilines is 1. The van der Waals surface area contributed by atoms with E-state index >= 15 is 0 Å². The van der Waals surface area contributed by atoms with Crippen LogP contribution in [-0.4, -0.2) is 61.3 Å². The van der Waals surface area contributed by atoms with Crippen LogP contribution in [0, 0.1) is 0 Å². The lowest BCUT2D eigenvalue weighted by atomic mass is 10.2. The molecule has 0 radical (unpaired) electrons. The molecule has 2 bridgehead atoms. The van der Waals surface area contributed by atoms with E-state index in [1.54, 1.807) is 17.3 Å². The molecule has 2 atom stereocenters. The Kier molecular flexibility index (Phi) is 4.63. The molecule has 2 aromatic carbocycles. The van der Waals surface area contributed by atoms with Crippen LogP contribution in [0.15, 0.2) is 59.3 Å². The highest BCUT2D eigenvalue weighted by Gasteiger charge is 2.44. The number of hydrogen-bond acceptors (Lipinski definition) is 7. The van der Waals surface area contributed by atoms with Crippen molar-refractivity contribution in [1.29, 1.82) is 0 Å². The molecule has 2 unspecified atom stereocenters. The summed E-state index contributed by atoms with van der Waals surface area (Å²) in [6.45, 7) is 1.50. The van der Waals surface area contributed by atoms with Crippen molar-refractivity contribution in [2.24, 2.45) is 0 Å². The predicted molar refractivity (Wildman–Crippen MR) is 119 cm³/mol. The molecule has 2 fully saturated rings. The van der Waals surface area contributed by atoms with Crippen LogP contribution in [0.1, 0.15) is 18.4 Å². The van der Waals surface area contributed by atoms with Gasteiger partial charge in [-0.3, -0.25) is 4.90 Å². The Labute approximate surface area is 189 Å². The van der Waals surface area contributed by atoms with E-state index in [0.29, 0.717) is 48.2 Å². The molecule has 0 aliphatic carbocycles. The van der Waals surface area contributed by atoms with Crippen LogP contribution in [-0.2, 0) is 6.61 Å². The van der Waals surface area contributed by atoms with Gasteiger partial charge in [-0.15, -0.1) is 4.80 Å². The second kappa shape index (κ2) is 7.80. The van der Waals surface area contributed by atoms with E-state index in [4.69, 9.17) is 14.1 Å². The van der Waals surface area contributed by atoms with Gasteiger partial charge < -0.3 is 19.2 Å². The third kappa shape index (κ3) is 3.43. The minimum atomic E-state index is -0.858. The fraction of sp³-hybridized carbons (Fsp3) is 0.304. The average Bonchev–Trinajstić information content (AvgIpc) is 3.56. The van der Waals surface area contributed by atoms with Crippen LogP contribution in [0.5, 0.6) is 5.75 Å². The molecule has 33 heavy (non-hydrogen) atoms. The lowest BCUT2D eigenvalue weighted by Crippen LogP contribution is -2.55. The van der Waals surface area contributed by atoms with E-state index in [1.165, 1.54) is 4.80 Å². The molecule has 4 heterocycles. The number of fused-ring (bicyclic) bond motifs is 3. The summed E-state index contributed by atoms with van der Waals surface area (Å²) < 4.78 is 12.3. The largest absolute Gasteiger partial charge is 0.486 e. The number of aromatic nitrogens is 4. The minimum Gasteiger partial charge on any atom is -0.486 e. The van der Waals surface area contributed by atoms with Crippen molar-refractivity contribution in [3.8, 4) is 11.4 Å². The Morgan fingerprint density at radius 1 is 1.06 bits per heavy atom. The fourth-order valence-corrected chi connectivity index (χ4v) is 4.81. The first kappa shape index (κ1) is 19.6. The molecule has 10 nitrogen and oxygen atoms in total. The summed E-state index contributed by atoms with van der Waals surface area (Å²) in [5.41, 5.74) is 2.82. The molecule has 2 aliphatic heterocycles. The van der Waals surface area contributed by atoms with Crippen LogP contribution in [0.4, 0.5) is 10.8 Å². The van der Waals surface area contributed by atoms with Crippen LogP contribution in [0.2, 0.25) is 0 Å². The Morgan fingerprint density at radius 2 is 1.79 bits per heavy atom. The minimum absolute atomic E-state index is 0.0580. The van der Waals surface area contributed by atoms with Gasteiger partial charge >= 0.3 is 6.09 Å². The summed E-state index contributed by atoms with van der Waals surface area (Å²) >= 11 is 0. The van der Waals surface area contributed by atoms with Gasteiger partial charge in [0.1, 0.15) is 18.0 Å². The number of ether oxygens (including phenoxy) is 1. The highest BCUT2D eigenvalue weighted by atomic mass is 16.5. The fourth-order valence-electron chi connectivity index (χ4n) is 4.81. The highest BCUT2D eigenvalue weighted by Crippen LogP contribution is 2.37. The molecule has 1 amide bonds. The molecule has 168 valence electrons. The van der Waals surface area contributed by atoms with Crippen molar-refractivity contribution in [3.63, 3.8) is 0 Å². The topological polar surface area (TPSA) is 110 Å². The molecule has 2 aliphatic rings. The molecule has 1 N–H and O–H groups in total. The molecule has 0 saturated carbocycles. The molecular weight excluding hydrogens is 424 g/mol. The number of amides is 1. The first-order valence-electron chi connectivity index (χ1n) is 10.9. The number of carbonyl (C=O) groups is 1. The Hall–Kier alpha value is -4.08.